The molecule has 1 unspecified atom stereocenters. The first-order valence-electron chi connectivity index (χ1n) is 4.37. The Bertz CT molecular complexity index is 323. The lowest BCUT2D eigenvalue weighted by atomic mass is 10.2. The van der Waals surface area contributed by atoms with Gasteiger partial charge in [-0.1, -0.05) is 12.1 Å². The van der Waals surface area contributed by atoms with Crippen molar-refractivity contribution >= 4 is 0 Å². The molecular formula is C10H11F2NO. The van der Waals surface area contributed by atoms with Crippen LogP contribution in [0.1, 0.15) is 5.56 Å². The molecule has 0 spiro atoms. The lowest BCUT2D eigenvalue weighted by Crippen LogP contribution is -2.05. The van der Waals surface area contributed by atoms with Gasteiger partial charge in [-0.05, 0) is 17.7 Å². The maximum absolute atomic E-state index is 12.5. The van der Waals surface area contributed by atoms with Crippen molar-refractivity contribution in [1.29, 1.82) is 0 Å². The van der Waals surface area contributed by atoms with Crippen LogP contribution in [0.15, 0.2) is 24.3 Å². The third kappa shape index (κ3) is 1.85. The predicted octanol–water partition coefficient (Wildman–Crippen LogP) is 2.10. The fourth-order valence-electron chi connectivity index (χ4n) is 1.32. The van der Waals surface area contributed by atoms with E-state index in [-0.39, 0.29) is 6.54 Å². The molecule has 1 aromatic rings. The molecule has 0 amide bonds. The molecule has 1 aliphatic rings. The first kappa shape index (κ1) is 9.40. The summed E-state index contributed by atoms with van der Waals surface area (Å²) in [4.78, 5) is 1.12. The minimum atomic E-state index is -2.58. The van der Waals surface area contributed by atoms with Gasteiger partial charge in [0.25, 0.3) is 0 Å². The molecule has 1 saturated heterocycles. The summed E-state index contributed by atoms with van der Waals surface area (Å²) in [6.07, 6.45) is 0. The van der Waals surface area contributed by atoms with Gasteiger partial charge >= 0.3 is 6.05 Å². The molecule has 2 rings (SSSR count). The summed E-state index contributed by atoms with van der Waals surface area (Å²) in [5.74, 6) is 0.742. The van der Waals surface area contributed by atoms with Gasteiger partial charge in [-0.3, -0.25) is 0 Å². The van der Waals surface area contributed by atoms with E-state index in [4.69, 9.17) is 4.74 Å². The molecule has 14 heavy (non-hydrogen) atoms. The van der Waals surface area contributed by atoms with Gasteiger partial charge in [-0.25, -0.2) is 4.90 Å². The second kappa shape index (κ2) is 3.20. The monoisotopic (exact) mass is 199 g/mol. The van der Waals surface area contributed by atoms with Crippen LogP contribution in [-0.4, -0.2) is 24.6 Å². The highest BCUT2D eigenvalue weighted by molar-refractivity contribution is 5.27. The molecule has 1 aliphatic heterocycles. The molecule has 0 aromatic heterocycles. The molecule has 2 nitrogen and oxygen atoms in total. The number of halogens is 2. The van der Waals surface area contributed by atoms with E-state index in [1.165, 1.54) is 0 Å². The van der Waals surface area contributed by atoms with Crippen LogP contribution in [0, 0.1) is 0 Å². The fraction of sp³-hybridized carbons (Fsp3) is 0.400. The molecule has 0 aliphatic carbocycles. The molecular weight excluding hydrogens is 188 g/mol. The minimum absolute atomic E-state index is 0.126. The lowest BCUT2D eigenvalue weighted by molar-refractivity contribution is 0.0514. The first-order chi connectivity index (χ1) is 6.62. The predicted molar refractivity (Wildman–Crippen MR) is 48.4 cm³/mol. The van der Waals surface area contributed by atoms with Crippen LogP contribution in [-0.2, 0) is 6.54 Å². The van der Waals surface area contributed by atoms with Gasteiger partial charge in [-0.15, -0.1) is 0 Å². The third-order valence-electron chi connectivity index (χ3n) is 2.27. The summed E-state index contributed by atoms with van der Waals surface area (Å²) in [6, 6.07) is 4.56. The summed E-state index contributed by atoms with van der Waals surface area (Å²) in [6.45, 7) is 0.177. The maximum Gasteiger partial charge on any atom is 0.318 e. The van der Waals surface area contributed by atoms with Crippen molar-refractivity contribution in [2.24, 2.45) is 0 Å². The van der Waals surface area contributed by atoms with Gasteiger partial charge in [0, 0.05) is 6.54 Å². The van der Waals surface area contributed by atoms with Crippen LogP contribution in [0.3, 0.4) is 0 Å². The van der Waals surface area contributed by atoms with Gasteiger partial charge in [0.15, 0.2) is 0 Å². The van der Waals surface area contributed by atoms with Crippen LogP contribution in [0.4, 0.5) is 8.78 Å². The Labute approximate surface area is 81.1 Å². The standard InChI is InChI=1S/C10H11F2NO/c1-14-9-4-2-8(3-5-9)6-13-7-10(13,11)12/h2-5H,6-7H2,1H3. The zero-order chi connectivity index (χ0) is 10.2. The van der Waals surface area contributed by atoms with Gasteiger partial charge in [-0.2, -0.15) is 8.78 Å². The normalized spacial score (nSPS) is 23.2. The Kier molecular flexibility index (Phi) is 2.15. The lowest BCUT2D eigenvalue weighted by Gasteiger charge is -2.04. The molecule has 0 saturated carbocycles. The first-order valence-corrected chi connectivity index (χ1v) is 4.37. The summed E-state index contributed by atoms with van der Waals surface area (Å²) >= 11 is 0. The SMILES string of the molecule is COc1ccc(CN2CC2(F)F)cc1. The van der Waals surface area contributed by atoms with Gasteiger partial charge < -0.3 is 4.74 Å². The van der Waals surface area contributed by atoms with E-state index in [1.54, 1.807) is 31.4 Å². The van der Waals surface area contributed by atoms with Crippen LogP contribution in [0.5, 0.6) is 5.75 Å². The van der Waals surface area contributed by atoms with E-state index in [2.05, 4.69) is 0 Å². The highest BCUT2D eigenvalue weighted by atomic mass is 19.3. The number of ether oxygens (including phenoxy) is 1. The van der Waals surface area contributed by atoms with Crippen molar-refractivity contribution in [2.45, 2.75) is 12.6 Å². The molecule has 1 aromatic carbocycles. The molecule has 4 heteroatoms. The third-order valence-corrected chi connectivity index (χ3v) is 2.27. The number of alkyl halides is 2. The quantitative estimate of drug-likeness (QED) is 0.546. The zero-order valence-electron chi connectivity index (χ0n) is 7.84. The van der Waals surface area contributed by atoms with Crippen LogP contribution in [0.2, 0.25) is 0 Å². The van der Waals surface area contributed by atoms with E-state index < -0.39 is 6.05 Å². The highest BCUT2D eigenvalue weighted by Crippen LogP contribution is 2.36. The van der Waals surface area contributed by atoms with Crippen LogP contribution < -0.4 is 4.74 Å². The molecule has 1 fully saturated rings. The maximum atomic E-state index is 12.5. The largest absolute Gasteiger partial charge is 0.497 e. The molecule has 76 valence electrons. The van der Waals surface area contributed by atoms with E-state index in [0.717, 1.165) is 16.2 Å². The summed E-state index contributed by atoms with van der Waals surface area (Å²) in [5.41, 5.74) is 0.878. The average molecular weight is 199 g/mol. The molecule has 0 bridgehead atoms. The minimum Gasteiger partial charge on any atom is -0.497 e. The Morgan fingerprint density at radius 3 is 2.36 bits per heavy atom. The zero-order valence-corrected chi connectivity index (χ0v) is 7.84. The van der Waals surface area contributed by atoms with Gasteiger partial charge in [0.1, 0.15) is 5.75 Å². The Morgan fingerprint density at radius 1 is 1.36 bits per heavy atom. The number of benzene rings is 1. The van der Waals surface area contributed by atoms with Crippen LogP contribution in [0.25, 0.3) is 0 Å². The number of hydrogen-bond acceptors (Lipinski definition) is 2. The van der Waals surface area contributed by atoms with Crippen LogP contribution >= 0.6 is 0 Å². The smallest absolute Gasteiger partial charge is 0.318 e. The molecule has 0 N–H and O–H groups in total. The van der Waals surface area contributed by atoms with Crippen molar-refractivity contribution in [3.63, 3.8) is 0 Å². The summed E-state index contributed by atoms with van der Waals surface area (Å²) in [7, 11) is 1.58. The fourth-order valence-corrected chi connectivity index (χ4v) is 1.32. The van der Waals surface area contributed by atoms with Crippen molar-refractivity contribution in [2.75, 3.05) is 13.7 Å². The van der Waals surface area contributed by atoms with E-state index >= 15 is 0 Å². The second-order valence-corrected chi connectivity index (χ2v) is 3.37. The molecule has 1 atom stereocenters. The highest BCUT2D eigenvalue weighted by Gasteiger charge is 2.53. The van der Waals surface area contributed by atoms with Crippen molar-refractivity contribution in [3.8, 4) is 5.75 Å². The average Bonchev–Trinajstić information content (AvgIpc) is 2.75. The van der Waals surface area contributed by atoms with Crippen molar-refractivity contribution in [1.82, 2.24) is 4.90 Å². The summed E-state index contributed by atoms with van der Waals surface area (Å²) < 4.78 is 30.0. The van der Waals surface area contributed by atoms with Gasteiger partial charge in [0.2, 0.25) is 0 Å². The summed E-state index contributed by atoms with van der Waals surface area (Å²) in [5, 5.41) is 0. The Morgan fingerprint density at radius 2 is 1.93 bits per heavy atom. The second-order valence-electron chi connectivity index (χ2n) is 3.37. The Hall–Kier alpha value is -1.16. The Balaban J connectivity index is 1.98. The number of methoxy groups -OCH3 is 1. The number of rotatable bonds is 3. The van der Waals surface area contributed by atoms with E-state index in [9.17, 15) is 8.78 Å². The van der Waals surface area contributed by atoms with Crippen molar-refractivity contribution in [3.05, 3.63) is 29.8 Å². The molecule has 0 radical (unpaired) electrons. The van der Waals surface area contributed by atoms with E-state index in [0.29, 0.717) is 6.54 Å². The van der Waals surface area contributed by atoms with Crippen molar-refractivity contribution < 1.29 is 13.5 Å². The molecule has 1 heterocycles. The number of nitrogens with zero attached hydrogens (tertiary/aromatic N) is 1. The van der Waals surface area contributed by atoms with Gasteiger partial charge in [0.05, 0.1) is 13.7 Å². The topological polar surface area (TPSA) is 12.2 Å². The van der Waals surface area contributed by atoms with E-state index in [1.807, 2.05) is 0 Å². The number of hydrogen-bond donors (Lipinski definition) is 0.